The van der Waals surface area contributed by atoms with E-state index in [0.717, 1.165) is 58.9 Å². The third kappa shape index (κ3) is 4.23. The normalized spacial score (nSPS) is 21.0. The summed E-state index contributed by atoms with van der Waals surface area (Å²) >= 11 is 1.58. The fourth-order valence-electron chi connectivity index (χ4n) is 4.55. The number of rotatable bonds is 5. The maximum atomic E-state index is 13.2. The van der Waals surface area contributed by atoms with Crippen LogP contribution in [0, 0.1) is 5.92 Å². The highest BCUT2D eigenvalue weighted by atomic mass is 32.2. The van der Waals surface area contributed by atoms with Gasteiger partial charge in [-0.05, 0) is 81.8 Å². The molecule has 3 aromatic rings. The van der Waals surface area contributed by atoms with Crippen LogP contribution in [0.25, 0.3) is 10.2 Å². The lowest BCUT2D eigenvalue weighted by atomic mass is 9.95. The summed E-state index contributed by atoms with van der Waals surface area (Å²) < 4.78 is 27.0. The molecule has 2 atom stereocenters. The standard InChI is InChI=1S/C24H32N6O2S2/c1-15-14-25-10-7-19(15)27-23-28-21(18-9-12-33-22(18)29-23)26-17-6-5-16-8-11-30(20(16)13-17)34(31,32)24(2,3)4/h5-6,9,12-13,15,19,25H,7-8,10-11,14H2,1-4H3,(H2,26,27,28,29). The van der Waals surface area contributed by atoms with Crippen LogP contribution < -0.4 is 20.3 Å². The third-order valence-corrected chi connectivity index (χ3v) is 10.0. The predicted molar refractivity (Wildman–Crippen MR) is 141 cm³/mol. The Morgan fingerprint density at radius 3 is 2.79 bits per heavy atom. The average molecular weight is 501 g/mol. The molecule has 0 amide bonds. The summed E-state index contributed by atoms with van der Waals surface area (Å²) in [5.41, 5.74) is 2.60. The minimum atomic E-state index is -3.47. The molecular formula is C24H32N6O2S2. The molecule has 34 heavy (non-hydrogen) atoms. The third-order valence-electron chi connectivity index (χ3n) is 6.69. The van der Waals surface area contributed by atoms with E-state index < -0.39 is 14.8 Å². The Morgan fingerprint density at radius 2 is 2.03 bits per heavy atom. The zero-order chi connectivity index (χ0) is 24.1. The molecule has 0 aliphatic carbocycles. The second-order valence-electron chi connectivity index (χ2n) is 10.2. The van der Waals surface area contributed by atoms with Crippen molar-refractivity contribution in [1.82, 2.24) is 15.3 Å². The zero-order valence-electron chi connectivity index (χ0n) is 20.1. The molecule has 8 nitrogen and oxygen atoms in total. The van der Waals surface area contributed by atoms with Crippen LogP contribution in [0.15, 0.2) is 29.6 Å². The summed E-state index contributed by atoms with van der Waals surface area (Å²) in [7, 11) is -3.47. The number of sulfonamides is 1. The largest absolute Gasteiger partial charge is 0.351 e. The predicted octanol–water partition coefficient (Wildman–Crippen LogP) is 4.34. The summed E-state index contributed by atoms with van der Waals surface area (Å²) in [4.78, 5) is 10.5. The molecule has 0 spiro atoms. The van der Waals surface area contributed by atoms with Gasteiger partial charge in [-0.2, -0.15) is 4.98 Å². The van der Waals surface area contributed by atoms with Crippen LogP contribution in [-0.4, -0.2) is 48.8 Å². The summed E-state index contributed by atoms with van der Waals surface area (Å²) in [5, 5.41) is 13.4. The number of benzene rings is 1. The Kier molecular flexibility index (Phi) is 5.94. The van der Waals surface area contributed by atoms with Gasteiger partial charge in [0.25, 0.3) is 0 Å². The monoisotopic (exact) mass is 500 g/mol. The number of thiophene rings is 1. The van der Waals surface area contributed by atoms with Crippen molar-refractivity contribution in [2.45, 2.75) is 51.3 Å². The quantitative estimate of drug-likeness (QED) is 0.479. The number of nitrogens with one attached hydrogen (secondary N) is 3. The zero-order valence-corrected chi connectivity index (χ0v) is 21.7. The summed E-state index contributed by atoms with van der Waals surface area (Å²) in [6, 6.07) is 8.27. The molecule has 1 fully saturated rings. The van der Waals surface area contributed by atoms with Gasteiger partial charge in [0.05, 0.1) is 15.8 Å². The van der Waals surface area contributed by atoms with Crippen LogP contribution in [-0.2, 0) is 16.4 Å². The first-order chi connectivity index (χ1) is 16.1. The van der Waals surface area contributed by atoms with Crippen LogP contribution >= 0.6 is 11.3 Å². The topological polar surface area (TPSA) is 99.3 Å². The summed E-state index contributed by atoms with van der Waals surface area (Å²) in [5.74, 6) is 1.83. The highest BCUT2D eigenvalue weighted by Gasteiger charge is 2.38. The van der Waals surface area contributed by atoms with E-state index in [1.54, 1.807) is 36.4 Å². The van der Waals surface area contributed by atoms with Gasteiger partial charge in [-0.1, -0.05) is 13.0 Å². The maximum Gasteiger partial charge on any atom is 0.240 e. The Balaban J connectivity index is 1.46. The minimum absolute atomic E-state index is 0.322. The van der Waals surface area contributed by atoms with E-state index in [2.05, 4.69) is 22.9 Å². The molecule has 5 rings (SSSR count). The lowest BCUT2D eigenvalue weighted by Gasteiger charge is -2.30. The number of hydrogen-bond donors (Lipinski definition) is 3. The van der Waals surface area contributed by atoms with E-state index in [0.29, 0.717) is 24.5 Å². The van der Waals surface area contributed by atoms with Crippen molar-refractivity contribution in [3.63, 3.8) is 0 Å². The van der Waals surface area contributed by atoms with Crippen molar-refractivity contribution in [3.05, 3.63) is 35.2 Å². The molecule has 1 aromatic carbocycles. The van der Waals surface area contributed by atoms with Crippen molar-refractivity contribution >= 4 is 54.7 Å². The van der Waals surface area contributed by atoms with Crippen molar-refractivity contribution < 1.29 is 8.42 Å². The Bertz CT molecular complexity index is 1310. The molecule has 3 N–H and O–H groups in total. The van der Waals surface area contributed by atoms with Gasteiger partial charge in [-0.25, -0.2) is 13.4 Å². The molecule has 1 saturated heterocycles. The average Bonchev–Trinajstić information content (AvgIpc) is 3.41. The SMILES string of the molecule is CC1CNCCC1Nc1nc(Nc2ccc3c(c2)N(S(=O)(=O)C(C)(C)C)CC3)c2ccsc2n1. The molecule has 182 valence electrons. The molecule has 2 aromatic heterocycles. The van der Waals surface area contributed by atoms with Crippen molar-refractivity contribution in [2.24, 2.45) is 5.92 Å². The Morgan fingerprint density at radius 1 is 1.21 bits per heavy atom. The Labute approximate surface area is 205 Å². The molecule has 2 aliphatic heterocycles. The van der Waals surface area contributed by atoms with Gasteiger partial charge >= 0.3 is 0 Å². The first-order valence-electron chi connectivity index (χ1n) is 11.8. The van der Waals surface area contributed by atoms with Crippen LogP contribution in [0.5, 0.6) is 0 Å². The lowest BCUT2D eigenvalue weighted by Crippen LogP contribution is -2.42. The second-order valence-corrected chi connectivity index (χ2v) is 13.7. The first kappa shape index (κ1) is 23.3. The van der Waals surface area contributed by atoms with Gasteiger partial charge < -0.3 is 16.0 Å². The summed E-state index contributed by atoms with van der Waals surface area (Å²) in [6.45, 7) is 9.90. The molecule has 10 heteroatoms. The van der Waals surface area contributed by atoms with E-state index in [-0.39, 0.29) is 0 Å². The highest BCUT2D eigenvalue weighted by molar-refractivity contribution is 7.94. The van der Waals surface area contributed by atoms with Gasteiger partial charge in [-0.3, -0.25) is 4.31 Å². The van der Waals surface area contributed by atoms with E-state index in [4.69, 9.17) is 9.97 Å². The molecule has 2 aliphatic rings. The van der Waals surface area contributed by atoms with E-state index in [1.807, 2.05) is 29.6 Å². The molecule has 0 bridgehead atoms. The van der Waals surface area contributed by atoms with E-state index in [1.165, 1.54) is 0 Å². The number of hydrogen-bond acceptors (Lipinski definition) is 8. The molecule has 2 unspecified atom stereocenters. The first-order valence-corrected chi connectivity index (χ1v) is 14.1. The van der Waals surface area contributed by atoms with Gasteiger partial charge in [-0.15, -0.1) is 11.3 Å². The van der Waals surface area contributed by atoms with Gasteiger partial charge in [0.2, 0.25) is 16.0 Å². The van der Waals surface area contributed by atoms with Gasteiger partial charge in [0.1, 0.15) is 10.6 Å². The molecule has 0 radical (unpaired) electrons. The second kappa shape index (κ2) is 8.66. The Hall–Kier alpha value is -2.43. The molecular weight excluding hydrogens is 468 g/mol. The fourth-order valence-corrected chi connectivity index (χ4v) is 6.74. The van der Waals surface area contributed by atoms with Crippen molar-refractivity contribution in [3.8, 4) is 0 Å². The van der Waals surface area contributed by atoms with Crippen LogP contribution in [0.3, 0.4) is 0 Å². The number of aromatic nitrogens is 2. The number of piperidine rings is 1. The fraction of sp³-hybridized carbons (Fsp3) is 0.500. The van der Waals surface area contributed by atoms with Crippen LogP contribution in [0.2, 0.25) is 0 Å². The molecule has 0 saturated carbocycles. The summed E-state index contributed by atoms with van der Waals surface area (Å²) in [6.07, 6.45) is 1.74. The van der Waals surface area contributed by atoms with Gasteiger partial charge in [0, 0.05) is 18.3 Å². The minimum Gasteiger partial charge on any atom is -0.351 e. The lowest BCUT2D eigenvalue weighted by molar-refractivity contribution is 0.367. The maximum absolute atomic E-state index is 13.2. The number of fused-ring (bicyclic) bond motifs is 2. The smallest absolute Gasteiger partial charge is 0.240 e. The number of nitrogens with zero attached hydrogens (tertiary/aromatic N) is 3. The van der Waals surface area contributed by atoms with E-state index in [9.17, 15) is 8.42 Å². The highest BCUT2D eigenvalue weighted by Crippen LogP contribution is 2.37. The van der Waals surface area contributed by atoms with Crippen LogP contribution in [0.1, 0.15) is 39.7 Å². The van der Waals surface area contributed by atoms with Gasteiger partial charge in [0.15, 0.2) is 0 Å². The van der Waals surface area contributed by atoms with Crippen molar-refractivity contribution in [2.75, 3.05) is 34.6 Å². The van der Waals surface area contributed by atoms with E-state index >= 15 is 0 Å². The molecule has 4 heterocycles. The van der Waals surface area contributed by atoms with Crippen LogP contribution in [0.4, 0.5) is 23.1 Å². The van der Waals surface area contributed by atoms with Crippen molar-refractivity contribution in [1.29, 1.82) is 0 Å². The number of anilines is 4.